The zero-order chi connectivity index (χ0) is 17.2. The van der Waals surface area contributed by atoms with Gasteiger partial charge in [-0.1, -0.05) is 35.5 Å². The maximum absolute atomic E-state index is 12.5. The molecule has 2 aromatic rings. The van der Waals surface area contributed by atoms with E-state index in [-0.39, 0.29) is 5.91 Å². The first-order valence-corrected chi connectivity index (χ1v) is 9.76. The van der Waals surface area contributed by atoms with Crippen molar-refractivity contribution < 1.29 is 4.79 Å². The summed E-state index contributed by atoms with van der Waals surface area (Å²) in [5, 5.41) is 13.3. The number of piperazine rings is 1. The van der Waals surface area contributed by atoms with Gasteiger partial charge in [0, 0.05) is 26.2 Å². The van der Waals surface area contributed by atoms with Crippen LogP contribution in [0.5, 0.6) is 0 Å². The lowest BCUT2D eigenvalue weighted by molar-refractivity contribution is -0.128. The molecule has 1 saturated carbocycles. The molecule has 1 aliphatic heterocycles. The highest BCUT2D eigenvalue weighted by molar-refractivity contribution is 7.99. The quantitative estimate of drug-likeness (QED) is 0.742. The topological polar surface area (TPSA) is 67.2 Å². The summed E-state index contributed by atoms with van der Waals surface area (Å²) in [5.41, 5.74) is 1.04. The molecule has 25 heavy (non-hydrogen) atoms. The van der Waals surface area contributed by atoms with Crippen molar-refractivity contribution in [2.75, 3.05) is 36.8 Å². The first kappa shape index (κ1) is 16.7. The third-order valence-electron chi connectivity index (χ3n) is 4.51. The molecule has 4 rings (SSSR count). The number of thioether (sulfide) groups is 1. The fourth-order valence-corrected chi connectivity index (χ4v) is 4.05. The maximum Gasteiger partial charge on any atom is 0.233 e. The molecule has 0 bridgehead atoms. The maximum atomic E-state index is 12.5. The molecular weight excluding hydrogens is 360 g/mol. The average molecular weight is 379 g/mol. The van der Waals surface area contributed by atoms with Gasteiger partial charge in [-0.2, -0.15) is 0 Å². The van der Waals surface area contributed by atoms with Crippen LogP contribution in [0.2, 0.25) is 5.02 Å². The van der Waals surface area contributed by atoms with Crippen molar-refractivity contribution in [1.82, 2.24) is 25.1 Å². The Morgan fingerprint density at radius 2 is 1.96 bits per heavy atom. The number of anilines is 1. The minimum Gasteiger partial charge on any atom is -0.367 e. The minimum absolute atomic E-state index is 0.133. The van der Waals surface area contributed by atoms with E-state index in [4.69, 9.17) is 11.6 Å². The van der Waals surface area contributed by atoms with Crippen LogP contribution in [0.4, 0.5) is 5.69 Å². The molecule has 1 amide bonds. The summed E-state index contributed by atoms with van der Waals surface area (Å²) >= 11 is 7.69. The Hall–Kier alpha value is -1.80. The van der Waals surface area contributed by atoms with E-state index in [0.717, 1.165) is 41.8 Å². The van der Waals surface area contributed by atoms with Crippen LogP contribution in [0, 0.1) is 0 Å². The predicted octanol–water partition coefficient (Wildman–Crippen LogP) is 2.10. The molecule has 2 fully saturated rings. The van der Waals surface area contributed by atoms with E-state index in [0.29, 0.717) is 24.9 Å². The zero-order valence-electron chi connectivity index (χ0n) is 13.7. The second kappa shape index (κ2) is 7.21. The number of tetrazole rings is 1. The monoisotopic (exact) mass is 378 g/mol. The molecule has 7 nitrogen and oxygen atoms in total. The van der Waals surface area contributed by atoms with Gasteiger partial charge in [-0.05, 0) is 35.4 Å². The van der Waals surface area contributed by atoms with E-state index < -0.39 is 0 Å². The third kappa shape index (κ3) is 3.74. The van der Waals surface area contributed by atoms with Gasteiger partial charge in [0.05, 0.1) is 22.5 Å². The van der Waals surface area contributed by atoms with Crippen LogP contribution >= 0.6 is 23.4 Å². The Balaban J connectivity index is 1.29. The van der Waals surface area contributed by atoms with Crippen molar-refractivity contribution in [3.05, 3.63) is 29.3 Å². The molecule has 2 heterocycles. The second-order valence-electron chi connectivity index (χ2n) is 6.25. The molecule has 132 valence electrons. The van der Waals surface area contributed by atoms with Crippen LogP contribution in [-0.2, 0) is 4.79 Å². The van der Waals surface area contributed by atoms with Crippen molar-refractivity contribution in [1.29, 1.82) is 0 Å². The number of carbonyl (C=O) groups excluding carboxylic acids is 1. The summed E-state index contributed by atoms with van der Waals surface area (Å²) in [6, 6.07) is 8.26. The molecule has 1 aliphatic carbocycles. The zero-order valence-corrected chi connectivity index (χ0v) is 15.3. The van der Waals surface area contributed by atoms with Gasteiger partial charge in [0.1, 0.15) is 0 Å². The summed E-state index contributed by atoms with van der Waals surface area (Å²) < 4.78 is 1.84. The van der Waals surface area contributed by atoms with Crippen molar-refractivity contribution in [2.24, 2.45) is 0 Å². The number of amides is 1. The first-order valence-electron chi connectivity index (χ1n) is 8.40. The molecule has 0 unspecified atom stereocenters. The standard InChI is InChI=1S/C16H19ClN6OS/c17-13-3-1-2-4-14(13)21-7-9-22(10-8-21)15(24)11-25-16-18-19-20-23(16)12-5-6-12/h1-4,12H,5-11H2. The van der Waals surface area contributed by atoms with Gasteiger partial charge in [-0.3, -0.25) is 4.79 Å². The number of aromatic nitrogens is 4. The van der Waals surface area contributed by atoms with Crippen LogP contribution in [0.1, 0.15) is 18.9 Å². The van der Waals surface area contributed by atoms with Crippen LogP contribution in [-0.4, -0.2) is 62.9 Å². The number of rotatable bonds is 5. The van der Waals surface area contributed by atoms with E-state index in [1.807, 2.05) is 33.8 Å². The van der Waals surface area contributed by atoms with Gasteiger partial charge in [-0.25, -0.2) is 4.68 Å². The average Bonchev–Trinajstić information content (AvgIpc) is 3.38. The van der Waals surface area contributed by atoms with Crippen molar-refractivity contribution in [3.63, 3.8) is 0 Å². The Kier molecular flexibility index (Phi) is 4.80. The number of hydrogen-bond donors (Lipinski definition) is 0. The second-order valence-corrected chi connectivity index (χ2v) is 7.59. The largest absolute Gasteiger partial charge is 0.367 e. The highest BCUT2D eigenvalue weighted by Gasteiger charge is 2.29. The van der Waals surface area contributed by atoms with E-state index >= 15 is 0 Å². The van der Waals surface area contributed by atoms with Crippen molar-refractivity contribution in [2.45, 2.75) is 24.0 Å². The number of halogens is 1. The van der Waals surface area contributed by atoms with Gasteiger partial charge in [0.25, 0.3) is 0 Å². The highest BCUT2D eigenvalue weighted by Crippen LogP contribution is 2.36. The van der Waals surface area contributed by atoms with Crippen LogP contribution in [0.15, 0.2) is 29.4 Å². The van der Waals surface area contributed by atoms with Crippen LogP contribution < -0.4 is 4.90 Å². The fourth-order valence-electron chi connectivity index (χ4n) is 2.95. The van der Waals surface area contributed by atoms with Gasteiger partial charge >= 0.3 is 0 Å². The Labute approximate surface area is 155 Å². The highest BCUT2D eigenvalue weighted by atomic mass is 35.5. The molecule has 0 atom stereocenters. The Bertz CT molecular complexity index is 757. The van der Waals surface area contributed by atoms with Crippen molar-refractivity contribution >= 4 is 35.0 Å². The molecule has 0 radical (unpaired) electrons. The summed E-state index contributed by atoms with van der Waals surface area (Å²) in [7, 11) is 0. The number of nitrogens with zero attached hydrogens (tertiary/aromatic N) is 6. The van der Waals surface area contributed by atoms with E-state index in [2.05, 4.69) is 20.4 Å². The number of benzene rings is 1. The number of hydrogen-bond acceptors (Lipinski definition) is 6. The fraction of sp³-hybridized carbons (Fsp3) is 0.500. The van der Waals surface area contributed by atoms with Gasteiger partial charge < -0.3 is 9.80 Å². The van der Waals surface area contributed by atoms with Gasteiger partial charge in [0.2, 0.25) is 11.1 Å². The third-order valence-corrected chi connectivity index (χ3v) is 5.74. The number of para-hydroxylation sites is 1. The first-order chi connectivity index (χ1) is 12.2. The Morgan fingerprint density at radius 1 is 1.20 bits per heavy atom. The van der Waals surface area contributed by atoms with Crippen LogP contribution in [0.3, 0.4) is 0 Å². The smallest absolute Gasteiger partial charge is 0.233 e. The SMILES string of the molecule is O=C(CSc1nnnn1C1CC1)N1CCN(c2ccccc2Cl)CC1. The molecule has 1 saturated heterocycles. The van der Waals surface area contributed by atoms with E-state index in [1.165, 1.54) is 11.8 Å². The normalized spacial score (nSPS) is 17.8. The molecule has 0 spiro atoms. The summed E-state index contributed by atoms with van der Waals surface area (Å²) in [5.74, 6) is 0.508. The molecule has 9 heteroatoms. The molecule has 0 N–H and O–H groups in total. The summed E-state index contributed by atoms with van der Waals surface area (Å²) in [6.45, 7) is 3.00. The van der Waals surface area contributed by atoms with Gasteiger partial charge in [0.15, 0.2) is 0 Å². The van der Waals surface area contributed by atoms with E-state index in [1.54, 1.807) is 0 Å². The van der Waals surface area contributed by atoms with Crippen molar-refractivity contribution in [3.8, 4) is 0 Å². The lowest BCUT2D eigenvalue weighted by Crippen LogP contribution is -2.49. The van der Waals surface area contributed by atoms with Crippen LogP contribution in [0.25, 0.3) is 0 Å². The predicted molar refractivity (Wildman–Crippen MR) is 97.1 cm³/mol. The van der Waals surface area contributed by atoms with Gasteiger partial charge in [-0.15, -0.1) is 5.10 Å². The summed E-state index contributed by atoms with van der Waals surface area (Å²) in [6.07, 6.45) is 2.24. The molecule has 1 aromatic carbocycles. The lowest BCUT2D eigenvalue weighted by Gasteiger charge is -2.36. The number of carbonyl (C=O) groups is 1. The lowest BCUT2D eigenvalue weighted by atomic mass is 10.2. The van der Waals surface area contributed by atoms with E-state index in [9.17, 15) is 4.79 Å². The Morgan fingerprint density at radius 3 is 2.68 bits per heavy atom. The molecule has 2 aliphatic rings. The minimum atomic E-state index is 0.133. The molecular formula is C16H19ClN6OS. The summed E-state index contributed by atoms with van der Waals surface area (Å²) in [4.78, 5) is 16.6. The molecule has 1 aromatic heterocycles.